The van der Waals surface area contributed by atoms with Crippen molar-refractivity contribution in [1.29, 1.82) is 0 Å². The number of carbonyl (C=O) groups excluding carboxylic acids is 1. The van der Waals surface area contributed by atoms with Crippen LogP contribution in [0.1, 0.15) is 102 Å². The minimum absolute atomic E-state index is 0.174. The smallest absolute Gasteiger partial charge is 0.209 e. The second kappa shape index (κ2) is 19.2. The molecule has 0 unspecified atom stereocenters. The van der Waals surface area contributed by atoms with Crippen LogP contribution in [0.2, 0.25) is 0 Å². The molecule has 2 aliphatic heterocycles. The number of allylic oxidation sites excluding steroid dienone is 7. The molecule has 0 amide bonds. The van der Waals surface area contributed by atoms with Gasteiger partial charge in [-0.05, 0) is 145 Å². The van der Waals surface area contributed by atoms with Crippen molar-refractivity contribution >= 4 is 33.0 Å². The average molecular weight is 876 g/mol. The highest BCUT2D eigenvalue weighted by atomic mass is 32.2. The molecule has 0 atom stereocenters. The van der Waals surface area contributed by atoms with E-state index in [4.69, 9.17) is 4.74 Å². The zero-order chi connectivity index (χ0) is 45.9. The lowest BCUT2D eigenvalue weighted by Crippen LogP contribution is -2.36. The van der Waals surface area contributed by atoms with Crippen molar-refractivity contribution < 1.29 is 31.6 Å². The zero-order valence-electron chi connectivity index (χ0n) is 39.8. The summed E-state index contributed by atoms with van der Waals surface area (Å²) in [6, 6.07) is 19.8. The number of rotatable bonds is 18. The zero-order valence-corrected chi connectivity index (χ0v) is 40.6. The summed E-state index contributed by atoms with van der Waals surface area (Å²) in [4.78, 5) is 16.4. The van der Waals surface area contributed by atoms with E-state index in [9.17, 15) is 17.8 Å². The summed E-state index contributed by atoms with van der Waals surface area (Å²) < 4.78 is 46.8. The van der Waals surface area contributed by atoms with Gasteiger partial charge < -0.3 is 28.4 Å². The minimum atomic E-state index is -4.63. The van der Waals surface area contributed by atoms with Crippen LogP contribution in [0.15, 0.2) is 112 Å². The molecule has 0 saturated heterocycles. The van der Waals surface area contributed by atoms with Crippen molar-refractivity contribution in [2.24, 2.45) is 0 Å². The Labute approximate surface area is 378 Å². The van der Waals surface area contributed by atoms with Crippen molar-refractivity contribution in [3.05, 3.63) is 130 Å². The van der Waals surface area contributed by atoms with Gasteiger partial charge in [0.1, 0.15) is 27.4 Å². The molecule has 1 aliphatic carbocycles. The van der Waals surface area contributed by atoms with Gasteiger partial charge in [0.25, 0.3) is 0 Å². The minimum Gasteiger partial charge on any atom is -0.744 e. The number of ketones is 1. The maximum Gasteiger partial charge on any atom is 0.209 e. The number of hydrogen-bond donors (Lipinski definition) is 0. The molecule has 3 aliphatic rings. The molecule has 9 nitrogen and oxygen atoms in total. The fraction of sp³-hybridized carbons (Fsp3) is 0.472. The van der Waals surface area contributed by atoms with Crippen molar-refractivity contribution in [1.82, 2.24) is 4.90 Å². The molecule has 0 saturated carbocycles. The molecule has 63 heavy (non-hydrogen) atoms. The second-order valence-electron chi connectivity index (χ2n) is 19.9. The molecule has 0 bridgehead atoms. The topological polar surface area (TPSA) is 93.0 Å². The SMILES string of the molecule is CCN(C)CCCN1/C(=C/C=C2\CCCC(/C=C/C3=[N+](CCC[N+](C)(C)C)c4ccc(S(=O)(=O)[O-])cc4C3(C)C)=C2Oc2ccc(CCC(C)=O)cc2)C(C)(C)c2cc(C)ccc21. The normalized spacial score (nSPS) is 18.7. The summed E-state index contributed by atoms with van der Waals surface area (Å²) in [6.07, 6.45) is 14.8. The fourth-order valence-electron chi connectivity index (χ4n) is 9.31. The molecule has 0 N–H and O–H groups in total. The molecular weight excluding hydrogens is 805 g/mol. The summed E-state index contributed by atoms with van der Waals surface area (Å²) in [5, 5.41) is 0. The Bertz CT molecular complexity index is 2460. The maximum absolute atomic E-state index is 12.2. The van der Waals surface area contributed by atoms with Crippen LogP contribution in [-0.2, 0) is 32.2 Å². The van der Waals surface area contributed by atoms with Gasteiger partial charge in [-0.25, -0.2) is 8.42 Å². The number of hydrogen-bond acceptors (Lipinski definition) is 7. The van der Waals surface area contributed by atoms with E-state index < -0.39 is 15.5 Å². The number of fused-ring (bicyclic) bond motifs is 2. The quantitative estimate of drug-likeness (QED) is 0.0714. The summed E-state index contributed by atoms with van der Waals surface area (Å²) in [7, 11) is 4.11. The predicted molar refractivity (Wildman–Crippen MR) is 256 cm³/mol. The van der Waals surface area contributed by atoms with Gasteiger partial charge in [-0.3, -0.25) is 0 Å². The molecule has 10 heteroatoms. The maximum atomic E-state index is 12.2. The molecule has 3 aromatic rings. The van der Waals surface area contributed by atoms with Crippen LogP contribution in [0.4, 0.5) is 11.4 Å². The van der Waals surface area contributed by atoms with E-state index in [1.165, 1.54) is 28.6 Å². The van der Waals surface area contributed by atoms with Crippen molar-refractivity contribution in [3.63, 3.8) is 0 Å². The molecule has 0 spiro atoms. The highest BCUT2D eigenvalue weighted by Gasteiger charge is 2.45. The molecule has 0 fully saturated rings. The Kier molecular flexibility index (Phi) is 14.6. The van der Waals surface area contributed by atoms with E-state index in [0.717, 1.165) is 114 Å². The second-order valence-corrected chi connectivity index (χ2v) is 21.3. The Morgan fingerprint density at radius 2 is 1.67 bits per heavy atom. The summed E-state index contributed by atoms with van der Waals surface area (Å²) in [5.41, 5.74) is 10.5. The number of nitrogens with zero attached hydrogens (tertiary/aromatic N) is 4. The van der Waals surface area contributed by atoms with E-state index in [1.54, 1.807) is 19.1 Å². The number of anilines is 1. The monoisotopic (exact) mass is 876 g/mol. The highest BCUT2D eigenvalue weighted by molar-refractivity contribution is 7.85. The lowest BCUT2D eigenvalue weighted by Gasteiger charge is -2.28. The van der Waals surface area contributed by atoms with Crippen LogP contribution in [0.3, 0.4) is 0 Å². The van der Waals surface area contributed by atoms with Gasteiger partial charge in [0.15, 0.2) is 12.3 Å². The van der Waals surface area contributed by atoms with E-state index in [2.05, 4.69) is 139 Å². The number of Topliss-reactive ketones (excluding diaryl/α,β-unsaturated/α-hetero) is 1. The van der Waals surface area contributed by atoms with E-state index in [-0.39, 0.29) is 16.1 Å². The Morgan fingerprint density at radius 3 is 2.33 bits per heavy atom. The first-order valence-electron chi connectivity index (χ1n) is 22.8. The average Bonchev–Trinajstić information content (AvgIpc) is 3.55. The molecule has 0 aromatic heterocycles. The van der Waals surface area contributed by atoms with Gasteiger partial charge in [0.2, 0.25) is 5.69 Å². The predicted octanol–water partition coefficient (Wildman–Crippen LogP) is 9.92. The molecule has 338 valence electrons. The van der Waals surface area contributed by atoms with Crippen LogP contribution >= 0.6 is 0 Å². The standard InChI is InChI=1S/C53H71N4O5S/c1-12-54(8)32-14-33-55-47-28-18-38(2)36-45(47)52(4,5)49(55)30-23-41-16-13-17-42(51(41)62-43-25-21-40(22-26-43)20-19-39(3)58)24-31-50-53(6,7)46-37-44(63(59,60)61)27-29-48(46)56(50)34-15-35-57(9,10)11/h18,21-31,36-37H,12-17,19-20,32-35H2,1-11H3/q+1. The molecule has 6 rings (SSSR count). The lowest BCUT2D eigenvalue weighted by molar-refractivity contribution is -0.871. The van der Waals surface area contributed by atoms with Crippen molar-refractivity contribution in [2.45, 2.75) is 109 Å². The molecule has 3 aromatic carbocycles. The first kappa shape index (κ1) is 47.9. The Morgan fingerprint density at radius 1 is 0.937 bits per heavy atom. The third-order valence-electron chi connectivity index (χ3n) is 13.1. The number of quaternary nitrogens is 1. The first-order chi connectivity index (χ1) is 29.6. The van der Waals surface area contributed by atoms with Gasteiger partial charge in [-0.15, -0.1) is 0 Å². The van der Waals surface area contributed by atoms with Crippen LogP contribution < -0.4 is 9.64 Å². The first-order valence-corrected chi connectivity index (χ1v) is 24.2. The third kappa shape index (κ3) is 11.2. The van der Waals surface area contributed by atoms with E-state index in [1.807, 2.05) is 12.1 Å². The molecule has 0 radical (unpaired) electrons. The number of aryl methyl sites for hydroxylation is 2. The largest absolute Gasteiger partial charge is 0.744 e. The van der Waals surface area contributed by atoms with E-state index in [0.29, 0.717) is 12.8 Å². The van der Waals surface area contributed by atoms with Crippen molar-refractivity contribution in [3.8, 4) is 5.75 Å². The van der Waals surface area contributed by atoms with E-state index >= 15 is 0 Å². The van der Waals surface area contributed by atoms with Gasteiger partial charge in [0.05, 0.1) is 44.4 Å². The molecular formula is C53H71N4O5S+. The summed E-state index contributed by atoms with van der Waals surface area (Å²) in [5.74, 6) is 1.76. The van der Waals surface area contributed by atoms with Crippen LogP contribution in [0, 0.1) is 6.92 Å². The summed E-state index contributed by atoms with van der Waals surface area (Å²) >= 11 is 0. The Balaban J connectivity index is 1.46. The van der Waals surface area contributed by atoms with Crippen LogP contribution in [-0.4, -0.2) is 99.3 Å². The van der Waals surface area contributed by atoms with Crippen LogP contribution in [0.25, 0.3) is 0 Å². The van der Waals surface area contributed by atoms with Gasteiger partial charge in [-0.2, -0.15) is 4.58 Å². The highest BCUT2D eigenvalue weighted by Crippen LogP contribution is 2.48. The van der Waals surface area contributed by atoms with Crippen LogP contribution in [0.5, 0.6) is 5.75 Å². The Hall–Kier alpha value is -4.61. The van der Waals surface area contributed by atoms with Gasteiger partial charge >= 0.3 is 0 Å². The number of carbonyl (C=O) groups is 1. The van der Waals surface area contributed by atoms with Crippen molar-refractivity contribution in [2.75, 3.05) is 65.8 Å². The number of ether oxygens (including phenoxy) is 1. The third-order valence-corrected chi connectivity index (χ3v) is 14.0. The summed E-state index contributed by atoms with van der Waals surface area (Å²) in [6.45, 7) is 19.6. The van der Waals surface area contributed by atoms with Gasteiger partial charge in [0, 0.05) is 47.5 Å². The number of benzene rings is 3. The lowest BCUT2D eigenvalue weighted by atomic mass is 9.81. The molecule has 2 heterocycles. The fourth-order valence-corrected chi connectivity index (χ4v) is 9.81. The van der Waals surface area contributed by atoms with Gasteiger partial charge in [-0.1, -0.05) is 56.7 Å².